The maximum atomic E-state index is 11.9. The van der Waals surface area contributed by atoms with E-state index in [1.165, 1.54) is 0 Å². The Morgan fingerprint density at radius 1 is 1.17 bits per heavy atom. The monoisotopic (exact) mass is 313 g/mol. The molecule has 0 unspecified atom stereocenters. The van der Waals surface area contributed by atoms with Gasteiger partial charge < -0.3 is 15.4 Å². The van der Waals surface area contributed by atoms with Crippen LogP contribution in [-0.4, -0.2) is 24.5 Å². The van der Waals surface area contributed by atoms with Crippen molar-refractivity contribution in [2.24, 2.45) is 0 Å². The Morgan fingerprint density at radius 3 is 2.57 bits per heavy atom. The van der Waals surface area contributed by atoms with Gasteiger partial charge in [0.1, 0.15) is 11.6 Å². The Morgan fingerprint density at radius 2 is 1.96 bits per heavy atom. The van der Waals surface area contributed by atoms with E-state index >= 15 is 0 Å². The van der Waals surface area contributed by atoms with E-state index in [-0.39, 0.29) is 5.91 Å². The van der Waals surface area contributed by atoms with Gasteiger partial charge in [0.2, 0.25) is 0 Å². The van der Waals surface area contributed by atoms with Crippen molar-refractivity contribution in [3.8, 4) is 5.75 Å². The predicted molar refractivity (Wildman–Crippen MR) is 91.8 cm³/mol. The number of unbranched alkanes of at least 4 members (excludes halogenated alkanes) is 1. The van der Waals surface area contributed by atoms with Crippen LogP contribution in [0.15, 0.2) is 42.6 Å². The summed E-state index contributed by atoms with van der Waals surface area (Å²) in [4.78, 5) is 16.2. The molecule has 5 nitrogen and oxygen atoms in total. The van der Waals surface area contributed by atoms with Gasteiger partial charge in [-0.3, -0.25) is 4.79 Å². The predicted octanol–water partition coefficient (Wildman–Crippen LogP) is 3.23. The van der Waals surface area contributed by atoms with Crippen molar-refractivity contribution in [3.05, 3.63) is 53.7 Å². The van der Waals surface area contributed by atoms with Crippen LogP contribution >= 0.6 is 0 Å². The lowest BCUT2D eigenvalue weighted by molar-refractivity contribution is 0.0953. The Bertz CT molecular complexity index is 609. The molecule has 0 radical (unpaired) electrons. The van der Waals surface area contributed by atoms with E-state index < -0.39 is 0 Å². The molecule has 0 spiro atoms. The van der Waals surface area contributed by atoms with Gasteiger partial charge in [-0.05, 0) is 36.2 Å². The van der Waals surface area contributed by atoms with E-state index in [2.05, 4.69) is 22.5 Å². The van der Waals surface area contributed by atoms with E-state index in [1.807, 2.05) is 30.3 Å². The van der Waals surface area contributed by atoms with Crippen LogP contribution in [0.1, 0.15) is 35.7 Å². The minimum atomic E-state index is -0.0762. The lowest BCUT2D eigenvalue weighted by Gasteiger charge is -2.08. The second kappa shape index (κ2) is 8.78. The molecule has 122 valence electrons. The average Bonchev–Trinajstić information content (AvgIpc) is 2.61. The zero-order valence-electron chi connectivity index (χ0n) is 13.6. The molecule has 0 aliphatic rings. The number of nitrogens with one attached hydrogen (secondary N) is 2. The maximum Gasteiger partial charge on any atom is 0.252 e. The largest absolute Gasteiger partial charge is 0.497 e. The summed E-state index contributed by atoms with van der Waals surface area (Å²) >= 11 is 0. The number of nitrogens with zero attached hydrogens (tertiary/aromatic N) is 1. The van der Waals surface area contributed by atoms with Gasteiger partial charge >= 0.3 is 0 Å². The lowest BCUT2D eigenvalue weighted by Crippen LogP contribution is -2.24. The first kappa shape index (κ1) is 16.8. The standard InChI is InChI=1S/C18H23N3O2/c1-3-4-11-19-18(22)15-7-10-17(21-13-15)20-12-14-5-8-16(23-2)9-6-14/h5-10,13H,3-4,11-12H2,1-2H3,(H,19,22)(H,20,21). The Hall–Kier alpha value is -2.56. The van der Waals surface area contributed by atoms with E-state index in [1.54, 1.807) is 19.4 Å². The van der Waals surface area contributed by atoms with Crippen LogP contribution in [0, 0.1) is 0 Å². The summed E-state index contributed by atoms with van der Waals surface area (Å²) in [7, 11) is 1.65. The quantitative estimate of drug-likeness (QED) is 0.734. The summed E-state index contributed by atoms with van der Waals surface area (Å²) in [5.74, 6) is 1.50. The number of rotatable bonds is 8. The number of methoxy groups -OCH3 is 1. The minimum absolute atomic E-state index is 0.0762. The van der Waals surface area contributed by atoms with Crippen LogP contribution < -0.4 is 15.4 Å². The van der Waals surface area contributed by atoms with E-state index in [9.17, 15) is 4.79 Å². The molecule has 0 atom stereocenters. The van der Waals surface area contributed by atoms with Crippen molar-refractivity contribution in [3.63, 3.8) is 0 Å². The SMILES string of the molecule is CCCCNC(=O)c1ccc(NCc2ccc(OC)cc2)nc1. The highest BCUT2D eigenvalue weighted by atomic mass is 16.5. The number of amides is 1. The van der Waals surface area contributed by atoms with E-state index in [0.717, 1.165) is 30.0 Å². The number of anilines is 1. The normalized spacial score (nSPS) is 10.2. The fourth-order valence-electron chi connectivity index (χ4n) is 2.05. The van der Waals surface area contributed by atoms with Gasteiger partial charge in [-0.2, -0.15) is 0 Å². The second-order valence-electron chi connectivity index (χ2n) is 5.24. The van der Waals surface area contributed by atoms with Gasteiger partial charge in [-0.1, -0.05) is 25.5 Å². The number of carbonyl (C=O) groups is 1. The van der Waals surface area contributed by atoms with Crippen LogP contribution in [0.2, 0.25) is 0 Å². The third-order valence-corrected chi connectivity index (χ3v) is 3.47. The molecule has 0 bridgehead atoms. The molecule has 1 aromatic heterocycles. The van der Waals surface area contributed by atoms with Gasteiger partial charge in [0.25, 0.3) is 5.91 Å². The van der Waals surface area contributed by atoms with Gasteiger partial charge in [0, 0.05) is 19.3 Å². The van der Waals surface area contributed by atoms with Crippen molar-refractivity contribution in [1.82, 2.24) is 10.3 Å². The number of ether oxygens (including phenoxy) is 1. The molecule has 0 saturated heterocycles. The number of benzene rings is 1. The highest BCUT2D eigenvalue weighted by Crippen LogP contribution is 2.13. The maximum absolute atomic E-state index is 11.9. The first-order chi connectivity index (χ1) is 11.2. The number of carbonyl (C=O) groups excluding carboxylic acids is 1. The fraction of sp³-hybridized carbons (Fsp3) is 0.333. The third-order valence-electron chi connectivity index (χ3n) is 3.47. The molecule has 2 aromatic rings. The Labute approximate surface area is 137 Å². The number of aromatic nitrogens is 1. The first-order valence-corrected chi connectivity index (χ1v) is 7.84. The Balaban J connectivity index is 1.85. The summed E-state index contributed by atoms with van der Waals surface area (Å²) in [6.45, 7) is 3.46. The summed E-state index contributed by atoms with van der Waals surface area (Å²) in [6, 6.07) is 11.5. The molecular formula is C18H23N3O2. The zero-order valence-corrected chi connectivity index (χ0v) is 13.6. The molecular weight excluding hydrogens is 290 g/mol. The van der Waals surface area contributed by atoms with E-state index in [0.29, 0.717) is 18.7 Å². The number of pyridine rings is 1. The molecule has 0 saturated carbocycles. The molecule has 0 fully saturated rings. The average molecular weight is 313 g/mol. The smallest absolute Gasteiger partial charge is 0.252 e. The summed E-state index contributed by atoms with van der Waals surface area (Å²) in [6.07, 6.45) is 3.64. The lowest BCUT2D eigenvalue weighted by atomic mass is 10.2. The highest BCUT2D eigenvalue weighted by molar-refractivity contribution is 5.94. The van der Waals surface area contributed by atoms with E-state index in [4.69, 9.17) is 4.74 Å². The van der Waals surface area contributed by atoms with Crippen molar-refractivity contribution in [2.75, 3.05) is 19.0 Å². The molecule has 1 amide bonds. The van der Waals surface area contributed by atoms with Crippen molar-refractivity contribution in [2.45, 2.75) is 26.3 Å². The summed E-state index contributed by atoms with van der Waals surface area (Å²) in [5, 5.41) is 6.11. The van der Waals surface area contributed by atoms with Crippen LogP contribution in [0.5, 0.6) is 5.75 Å². The number of hydrogen-bond acceptors (Lipinski definition) is 4. The fourth-order valence-corrected chi connectivity index (χ4v) is 2.05. The summed E-state index contributed by atoms with van der Waals surface area (Å²) < 4.78 is 5.13. The Kier molecular flexibility index (Phi) is 6.41. The number of hydrogen-bond donors (Lipinski definition) is 2. The van der Waals surface area contributed by atoms with Gasteiger partial charge in [-0.15, -0.1) is 0 Å². The topological polar surface area (TPSA) is 63.2 Å². The van der Waals surface area contributed by atoms with Gasteiger partial charge in [0.15, 0.2) is 0 Å². The van der Waals surface area contributed by atoms with Crippen LogP contribution in [-0.2, 0) is 6.54 Å². The van der Waals surface area contributed by atoms with Gasteiger partial charge in [-0.25, -0.2) is 4.98 Å². The first-order valence-electron chi connectivity index (χ1n) is 7.84. The molecule has 5 heteroatoms. The van der Waals surface area contributed by atoms with Crippen LogP contribution in [0.25, 0.3) is 0 Å². The van der Waals surface area contributed by atoms with Crippen LogP contribution in [0.3, 0.4) is 0 Å². The zero-order chi connectivity index (χ0) is 16.5. The molecule has 1 aromatic carbocycles. The molecule has 2 rings (SSSR count). The molecule has 0 aliphatic carbocycles. The summed E-state index contributed by atoms with van der Waals surface area (Å²) in [5.41, 5.74) is 1.71. The van der Waals surface area contributed by atoms with Crippen molar-refractivity contribution < 1.29 is 9.53 Å². The third kappa shape index (κ3) is 5.29. The van der Waals surface area contributed by atoms with Crippen molar-refractivity contribution in [1.29, 1.82) is 0 Å². The van der Waals surface area contributed by atoms with Crippen molar-refractivity contribution >= 4 is 11.7 Å². The molecule has 2 N–H and O–H groups in total. The van der Waals surface area contributed by atoms with Crippen LogP contribution in [0.4, 0.5) is 5.82 Å². The second-order valence-corrected chi connectivity index (χ2v) is 5.24. The minimum Gasteiger partial charge on any atom is -0.497 e. The molecule has 23 heavy (non-hydrogen) atoms. The van der Waals surface area contributed by atoms with Gasteiger partial charge in [0.05, 0.1) is 12.7 Å². The highest BCUT2D eigenvalue weighted by Gasteiger charge is 2.05. The molecule has 0 aliphatic heterocycles. The molecule has 1 heterocycles.